The molecule has 0 spiro atoms. The molecule has 1 aromatic rings. The maximum atomic E-state index is 13.8. The van der Waals surface area contributed by atoms with Crippen molar-refractivity contribution in [2.24, 2.45) is 0 Å². The number of amides is 1. The van der Waals surface area contributed by atoms with Crippen molar-refractivity contribution in [2.45, 2.75) is 25.4 Å². The first-order valence-electron chi connectivity index (χ1n) is 5.56. The lowest BCUT2D eigenvalue weighted by molar-refractivity contribution is -0.146. The Morgan fingerprint density at radius 1 is 1.47 bits per heavy atom. The molecule has 0 radical (unpaired) electrons. The van der Waals surface area contributed by atoms with Crippen molar-refractivity contribution >= 4 is 27.8 Å². The van der Waals surface area contributed by atoms with Crippen molar-refractivity contribution in [1.29, 1.82) is 0 Å². The maximum absolute atomic E-state index is 13.8. The average molecular weight is 334 g/mol. The molecule has 1 amide bonds. The SMILES string of the molecule is O=C(O)C1CCC(=O)N1Cc1c(F)ccc(Br)c1F. The highest BCUT2D eigenvalue weighted by Gasteiger charge is 2.36. The predicted octanol–water partition coefficient (Wildman–Crippen LogP) is 2.30. The number of nitrogens with zero attached hydrogens (tertiary/aromatic N) is 1. The Morgan fingerprint density at radius 3 is 2.79 bits per heavy atom. The van der Waals surface area contributed by atoms with Gasteiger partial charge in [0.05, 0.1) is 11.0 Å². The first-order valence-corrected chi connectivity index (χ1v) is 6.35. The highest BCUT2D eigenvalue weighted by atomic mass is 79.9. The summed E-state index contributed by atoms with van der Waals surface area (Å²) in [7, 11) is 0. The van der Waals surface area contributed by atoms with Crippen LogP contribution in [-0.2, 0) is 16.1 Å². The lowest BCUT2D eigenvalue weighted by Crippen LogP contribution is -2.38. The lowest BCUT2D eigenvalue weighted by Gasteiger charge is -2.22. The quantitative estimate of drug-likeness (QED) is 0.863. The van der Waals surface area contributed by atoms with Gasteiger partial charge in [0.25, 0.3) is 0 Å². The molecule has 7 heteroatoms. The standard InChI is InChI=1S/C12H10BrF2NO3/c13-7-1-2-8(14)6(11(7)15)5-16-9(12(18)19)3-4-10(16)17/h1-2,9H,3-5H2,(H,18,19). The van der Waals surface area contributed by atoms with Crippen LogP contribution in [0.25, 0.3) is 0 Å². The van der Waals surface area contributed by atoms with Gasteiger partial charge in [0.2, 0.25) is 5.91 Å². The summed E-state index contributed by atoms with van der Waals surface area (Å²) >= 11 is 2.93. The van der Waals surface area contributed by atoms with E-state index in [0.29, 0.717) is 0 Å². The normalized spacial score (nSPS) is 19.0. The first-order chi connectivity index (χ1) is 8.91. The average Bonchev–Trinajstić information content (AvgIpc) is 2.71. The van der Waals surface area contributed by atoms with E-state index in [9.17, 15) is 18.4 Å². The molecule has 2 rings (SSSR count). The van der Waals surface area contributed by atoms with Crippen LogP contribution < -0.4 is 0 Å². The van der Waals surface area contributed by atoms with Crippen LogP contribution in [0.15, 0.2) is 16.6 Å². The van der Waals surface area contributed by atoms with E-state index in [1.807, 2.05) is 0 Å². The lowest BCUT2D eigenvalue weighted by atomic mass is 10.1. The van der Waals surface area contributed by atoms with Crippen molar-refractivity contribution in [3.8, 4) is 0 Å². The van der Waals surface area contributed by atoms with Crippen LogP contribution in [0.3, 0.4) is 0 Å². The molecule has 4 nitrogen and oxygen atoms in total. The van der Waals surface area contributed by atoms with Gasteiger partial charge in [-0.05, 0) is 34.5 Å². The molecule has 0 bridgehead atoms. The van der Waals surface area contributed by atoms with E-state index in [4.69, 9.17) is 5.11 Å². The Balaban J connectivity index is 2.32. The molecule has 1 saturated heterocycles. The zero-order valence-electron chi connectivity index (χ0n) is 9.70. The fourth-order valence-electron chi connectivity index (χ4n) is 2.07. The number of carboxylic acid groups (broad SMARTS) is 1. The first kappa shape index (κ1) is 13.9. The molecule has 1 aromatic carbocycles. The largest absolute Gasteiger partial charge is 0.480 e. The van der Waals surface area contributed by atoms with Crippen LogP contribution in [0, 0.1) is 11.6 Å². The van der Waals surface area contributed by atoms with Crippen molar-refractivity contribution in [1.82, 2.24) is 4.90 Å². The molecule has 19 heavy (non-hydrogen) atoms. The molecular weight excluding hydrogens is 324 g/mol. The highest BCUT2D eigenvalue weighted by Crippen LogP contribution is 2.27. The second-order valence-corrected chi connectivity index (χ2v) is 5.09. The minimum Gasteiger partial charge on any atom is -0.480 e. The van der Waals surface area contributed by atoms with E-state index in [2.05, 4.69) is 15.9 Å². The summed E-state index contributed by atoms with van der Waals surface area (Å²) in [4.78, 5) is 23.6. The summed E-state index contributed by atoms with van der Waals surface area (Å²) in [6.07, 6.45) is 0.236. The van der Waals surface area contributed by atoms with Gasteiger partial charge in [-0.1, -0.05) is 0 Å². The fourth-order valence-corrected chi connectivity index (χ4v) is 2.44. The van der Waals surface area contributed by atoms with E-state index >= 15 is 0 Å². The maximum Gasteiger partial charge on any atom is 0.326 e. The topological polar surface area (TPSA) is 57.6 Å². The molecule has 1 N–H and O–H groups in total. The van der Waals surface area contributed by atoms with Crippen LogP contribution in [-0.4, -0.2) is 27.9 Å². The fraction of sp³-hybridized carbons (Fsp3) is 0.333. The van der Waals surface area contributed by atoms with Gasteiger partial charge in [-0.15, -0.1) is 0 Å². The Morgan fingerprint density at radius 2 is 2.16 bits per heavy atom. The van der Waals surface area contributed by atoms with Gasteiger partial charge in [-0.3, -0.25) is 4.79 Å². The second kappa shape index (κ2) is 5.24. The number of benzene rings is 1. The zero-order chi connectivity index (χ0) is 14.2. The molecular formula is C12H10BrF2NO3. The number of carboxylic acids is 1. The van der Waals surface area contributed by atoms with Gasteiger partial charge < -0.3 is 10.0 Å². The molecule has 1 heterocycles. The van der Waals surface area contributed by atoms with E-state index in [0.717, 1.165) is 11.0 Å². The van der Waals surface area contributed by atoms with Crippen LogP contribution in [0.2, 0.25) is 0 Å². The second-order valence-electron chi connectivity index (χ2n) is 4.24. The summed E-state index contributed by atoms with van der Waals surface area (Å²) in [5, 5.41) is 8.98. The van der Waals surface area contributed by atoms with Crippen molar-refractivity contribution in [3.05, 3.63) is 33.8 Å². The van der Waals surface area contributed by atoms with Gasteiger partial charge in [0.15, 0.2) is 0 Å². The zero-order valence-corrected chi connectivity index (χ0v) is 11.3. The van der Waals surface area contributed by atoms with Gasteiger partial charge in [0, 0.05) is 12.0 Å². The van der Waals surface area contributed by atoms with Gasteiger partial charge in [-0.25, -0.2) is 13.6 Å². The summed E-state index contributed by atoms with van der Waals surface area (Å²) < 4.78 is 27.5. The molecule has 1 aliphatic heterocycles. The smallest absolute Gasteiger partial charge is 0.326 e. The third-order valence-corrected chi connectivity index (χ3v) is 3.69. The van der Waals surface area contributed by atoms with Crippen LogP contribution in [0.1, 0.15) is 18.4 Å². The van der Waals surface area contributed by atoms with Crippen molar-refractivity contribution < 1.29 is 23.5 Å². The van der Waals surface area contributed by atoms with Crippen LogP contribution in [0.4, 0.5) is 8.78 Å². The van der Waals surface area contributed by atoms with Crippen LogP contribution in [0.5, 0.6) is 0 Å². The third-order valence-electron chi connectivity index (χ3n) is 3.08. The van der Waals surface area contributed by atoms with Crippen molar-refractivity contribution in [2.75, 3.05) is 0 Å². The molecule has 0 aromatic heterocycles. The Bertz CT molecular complexity index is 550. The molecule has 1 fully saturated rings. The number of rotatable bonds is 3. The minimum absolute atomic E-state index is 0.0717. The number of halogens is 3. The number of aliphatic carboxylic acids is 1. The number of likely N-dealkylation sites (tertiary alicyclic amines) is 1. The summed E-state index contributed by atoms with van der Waals surface area (Å²) in [6.45, 7) is -0.382. The van der Waals surface area contributed by atoms with Crippen LogP contribution >= 0.6 is 15.9 Å². The summed E-state index contributed by atoms with van der Waals surface area (Å²) in [5.74, 6) is -3.19. The number of carbonyl (C=O) groups is 2. The monoisotopic (exact) mass is 333 g/mol. The highest BCUT2D eigenvalue weighted by molar-refractivity contribution is 9.10. The van der Waals surface area contributed by atoms with Gasteiger partial charge in [0.1, 0.15) is 17.7 Å². The van der Waals surface area contributed by atoms with Gasteiger partial charge in [-0.2, -0.15) is 0 Å². The van der Waals surface area contributed by atoms with E-state index in [1.165, 1.54) is 6.07 Å². The molecule has 102 valence electrons. The number of hydrogen-bond donors (Lipinski definition) is 1. The summed E-state index contributed by atoms with van der Waals surface area (Å²) in [5.41, 5.74) is -0.309. The minimum atomic E-state index is -1.17. The Labute approximate surface area is 116 Å². The predicted molar refractivity (Wildman–Crippen MR) is 65.3 cm³/mol. The number of hydrogen-bond acceptors (Lipinski definition) is 2. The molecule has 1 aliphatic rings. The Hall–Kier alpha value is -1.50. The van der Waals surface area contributed by atoms with E-state index < -0.39 is 29.6 Å². The van der Waals surface area contributed by atoms with E-state index in [1.54, 1.807) is 0 Å². The number of carbonyl (C=O) groups excluding carboxylic acids is 1. The molecule has 0 aliphatic carbocycles. The van der Waals surface area contributed by atoms with Gasteiger partial charge >= 0.3 is 5.97 Å². The Kier molecular flexibility index (Phi) is 3.84. The van der Waals surface area contributed by atoms with Crippen molar-refractivity contribution in [3.63, 3.8) is 0 Å². The third kappa shape index (κ3) is 2.60. The molecule has 1 unspecified atom stereocenters. The summed E-state index contributed by atoms with van der Waals surface area (Å²) in [6, 6.07) is 1.26. The van der Waals surface area contributed by atoms with E-state index in [-0.39, 0.29) is 29.4 Å². The molecule has 1 atom stereocenters. The molecule has 0 saturated carbocycles.